The lowest BCUT2D eigenvalue weighted by atomic mass is 10.1. The van der Waals surface area contributed by atoms with Crippen molar-refractivity contribution in [2.45, 2.75) is 19.5 Å². The molecule has 1 aliphatic heterocycles. The number of H-pyrrole nitrogens is 1. The highest BCUT2D eigenvalue weighted by Crippen LogP contribution is 2.28. The van der Waals surface area contributed by atoms with E-state index in [2.05, 4.69) is 34.0 Å². The van der Waals surface area contributed by atoms with Gasteiger partial charge in [0.2, 0.25) is 0 Å². The minimum Gasteiger partial charge on any atom is -0.348 e. The summed E-state index contributed by atoms with van der Waals surface area (Å²) in [4.78, 5) is 14.8. The molecule has 0 radical (unpaired) electrons. The van der Waals surface area contributed by atoms with Gasteiger partial charge in [-0.1, -0.05) is 18.2 Å². The molecule has 0 fully saturated rings. The van der Waals surface area contributed by atoms with Crippen LogP contribution < -0.4 is 0 Å². The lowest BCUT2D eigenvalue weighted by Gasteiger charge is -2.34. The van der Waals surface area contributed by atoms with Gasteiger partial charge < -0.3 is 9.47 Å². The van der Waals surface area contributed by atoms with E-state index in [1.807, 2.05) is 35.2 Å². The molecule has 5 heteroatoms. The summed E-state index contributed by atoms with van der Waals surface area (Å²) in [5.74, 6) is -0.00704. The van der Waals surface area contributed by atoms with E-state index >= 15 is 0 Å². The van der Waals surface area contributed by atoms with Crippen molar-refractivity contribution in [1.29, 1.82) is 0 Å². The number of amides is 1. The molecule has 21 heavy (non-hydrogen) atoms. The van der Waals surface area contributed by atoms with Crippen molar-refractivity contribution in [2.24, 2.45) is 0 Å². The average Bonchev–Trinajstić information content (AvgIpc) is 3.14. The molecule has 2 aromatic heterocycles. The fraction of sp³-hybridized carbons (Fsp3) is 0.250. The van der Waals surface area contributed by atoms with Gasteiger partial charge >= 0.3 is 0 Å². The summed E-state index contributed by atoms with van der Waals surface area (Å²) >= 11 is 0. The molecule has 1 N–H and O–H groups in total. The van der Waals surface area contributed by atoms with Crippen molar-refractivity contribution in [3.63, 3.8) is 0 Å². The molecule has 1 unspecified atom stereocenters. The van der Waals surface area contributed by atoms with Crippen LogP contribution in [-0.4, -0.2) is 32.1 Å². The SMILES string of the molecule is CC1c2cccn2CCN1C(=O)c1n[nH]c2ccccc12. The van der Waals surface area contributed by atoms with Crippen LogP contribution in [0, 0.1) is 0 Å². The number of rotatable bonds is 1. The Kier molecular flexibility index (Phi) is 2.60. The normalized spacial score (nSPS) is 18.0. The van der Waals surface area contributed by atoms with E-state index in [4.69, 9.17) is 0 Å². The van der Waals surface area contributed by atoms with Crippen LogP contribution in [-0.2, 0) is 6.54 Å². The van der Waals surface area contributed by atoms with Crippen molar-refractivity contribution < 1.29 is 4.79 Å². The van der Waals surface area contributed by atoms with Crippen LogP contribution in [0.15, 0.2) is 42.6 Å². The van der Waals surface area contributed by atoms with E-state index in [0.29, 0.717) is 12.2 Å². The molecule has 1 amide bonds. The Hall–Kier alpha value is -2.56. The third-order valence-electron chi connectivity index (χ3n) is 4.28. The second kappa shape index (κ2) is 4.48. The number of para-hydroxylation sites is 1. The summed E-state index contributed by atoms with van der Waals surface area (Å²) in [6.07, 6.45) is 2.07. The smallest absolute Gasteiger partial charge is 0.275 e. The van der Waals surface area contributed by atoms with Crippen LogP contribution in [0.3, 0.4) is 0 Å². The first-order valence-electron chi connectivity index (χ1n) is 7.15. The van der Waals surface area contributed by atoms with Crippen molar-refractivity contribution in [3.8, 4) is 0 Å². The number of aromatic amines is 1. The molecule has 0 aliphatic carbocycles. The number of carbonyl (C=O) groups excluding carboxylic acids is 1. The Bertz CT molecular complexity index is 816. The topological polar surface area (TPSA) is 53.9 Å². The Balaban J connectivity index is 1.72. The molecule has 1 atom stereocenters. The number of fused-ring (bicyclic) bond motifs is 2. The minimum absolute atomic E-state index is 0.00704. The van der Waals surface area contributed by atoms with E-state index in [1.54, 1.807) is 0 Å². The first-order valence-corrected chi connectivity index (χ1v) is 7.15. The third kappa shape index (κ3) is 1.77. The van der Waals surface area contributed by atoms with Crippen LogP contribution in [0.2, 0.25) is 0 Å². The van der Waals surface area contributed by atoms with Crippen LogP contribution >= 0.6 is 0 Å². The first kappa shape index (κ1) is 12.2. The molecule has 0 saturated carbocycles. The van der Waals surface area contributed by atoms with Gasteiger partial charge in [-0.05, 0) is 25.1 Å². The zero-order valence-corrected chi connectivity index (χ0v) is 11.8. The second-order valence-electron chi connectivity index (χ2n) is 5.42. The zero-order chi connectivity index (χ0) is 14.4. The van der Waals surface area contributed by atoms with Crippen LogP contribution in [0.25, 0.3) is 10.9 Å². The maximum atomic E-state index is 12.9. The Morgan fingerprint density at radius 2 is 2.10 bits per heavy atom. The number of benzene rings is 1. The fourth-order valence-corrected chi connectivity index (χ4v) is 3.12. The average molecular weight is 280 g/mol. The van der Waals surface area contributed by atoms with Gasteiger partial charge in [-0.2, -0.15) is 5.10 Å². The molecule has 5 nitrogen and oxygen atoms in total. The number of hydrogen-bond donors (Lipinski definition) is 1. The van der Waals surface area contributed by atoms with Gasteiger partial charge in [-0.15, -0.1) is 0 Å². The van der Waals surface area contributed by atoms with Gasteiger partial charge in [0.1, 0.15) is 0 Å². The quantitative estimate of drug-likeness (QED) is 0.745. The summed E-state index contributed by atoms with van der Waals surface area (Å²) in [5, 5.41) is 8.04. The largest absolute Gasteiger partial charge is 0.348 e. The molecule has 106 valence electrons. The number of nitrogens with one attached hydrogen (secondary N) is 1. The van der Waals surface area contributed by atoms with E-state index in [-0.39, 0.29) is 11.9 Å². The van der Waals surface area contributed by atoms with Gasteiger partial charge in [0.25, 0.3) is 5.91 Å². The van der Waals surface area contributed by atoms with Crippen molar-refractivity contribution in [1.82, 2.24) is 19.7 Å². The van der Waals surface area contributed by atoms with Gasteiger partial charge in [-0.25, -0.2) is 0 Å². The molecular formula is C16H16N4O. The maximum absolute atomic E-state index is 12.9. The summed E-state index contributed by atoms with van der Waals surface area (Å²) in [6, 6.07) is 11.9. The van der Waals surface area contributed by atoms with Crippen LogP contribution in [0.5, 0.6) is 0 Å². The molecule has 1 aliphatic rings. The standard InChI is InChI=1S/C16H16N4O/c1-11-14-7-4-8-19(14)9-10-20(11)16(21)15-12-5-2-3-6-13(12)17-18-15/h2-8,11H,9-10H2,1H3,(H,17,18). The molecular weight excluding hydrogens is 264 g/mol. The molecule has 3 heterocycles. The van der Waals surface area contributed by atoms with E-state index < -0.39 is 0 Å². The van der Waals surface area contributed by atoms with Crippen LogP contribution in [0.4, 0.5) is 0 Å². The monoisotopic (exact) mass is 280 g/mol. The van der Waals surface area contributed by atoms with Crippen LogP contribution in [0.1, 0.15) is 29.1 Å². The predicted octanol–water partition coefficient (Wildman–Crippen LogP) is 2.58. The predicted molar refractivity (Wildman–Crippen MR) is 80.0 cm³/mol. The highest BCUT2D eigenvalue weighted by Gasteiger charge is 2.30. The fourth-order valence-electron chi connectivity index (χ4n) is 3.12. The number of aromatic nitrogens is 3. The Labute approximate surface area is 122 Å². The number of nitrogens with zero attached hydrogens (tertiary/aromatic N) is 3. The highest BCUT2D eigenvalue weighted by atomic mass is 16.2. The number of hydrogen-bond acceptors (Lipinski definition) is 2. The zero-order valence-electron chi connectivity index (χ0n) is 11.8. The van der Waals surface area contributed by atoms with Crippen molar-refractivity contribution in [2.75, 3.05) is 6.54 Å². The van der Waals surface area contributed by atoms with E-state index in [9.17, 15) is 4.79 Å². The lowest BCUT2D eigenvalue weighted by Crippen LogP contribution is -2.40. The molecule has 1 aromatic carbocycles. The second-order valence-corrected chi connectivity index (χ2v) is 5.42. The Morgan fingerprint density at radius 3 is 3.00 bits per heavy atom. The number of carbonyl (C=O) groups is 1. The maximum Gasteiger partial charge on any atom is 0.275 e. The summed E-state index contributed by atoms with van der Waals surface area (Å²) in [7, 11) is 0. The van der Waals surface area contributed by atoms with Crippen molar-refractivity contribution >= 4 is 16.8 Å². The minimum atomic E-state index is -0.00704. The van der Waals surface area contributed by atoms with Gasteiger partial charge in [0, 0.05) is 30.4 Å². The summed E-state index contributed by atoms with van der Waals surface area (Å²) < 4.78 is 2.21. The van der Waals surface area contributed by atoms with Gasteiger partial charge in [-0.3, -0.25) is 9.89 Å². The van der Waals surface area contributed by atoms with E-state index in [1.165, 1.54) is 5.69 Å². The lowest BCUT2D eigenvalue weighted by molar-refractivity contribution is 0.0640. The first-order chi connectivity index (χ1) is 10.3. The van der Waals surface area contributed by atoms with Crippen molar-refractivity contribution in [3.05, 3.63) is 54.0 Å². The molecule has 0 saturated heterocycles. The summed E-state index contributed by atoms with van der Waals surface area (Å²) in [5.41, 5.74) is 2.58. The van der Waals surface area contributed by atoms with E-state index in [0.717, 1.165) is 17.4 Å². The highest BCUT2D eigenvalue weighted by molar-refractivity contribution is 6.04. The Morgan fingerprint density at radius 1 is 1.24 bits per heavy atom. The molecule has 0 spiro atoms. The summed E-state index contributed by atoms with van der Waals surface area (Å²) in [6.45, 7) is 3.61. The van der Waals surface area contributed by atoms with Gasteiger partial charge in [0.05, 0.1) is 11.6 Å². The third-order valence-corrected chi connectivity index (χ3v) is 4.28. The molecule has 4 rings (SSSR count). The molecule has 3 aromatic rings. The van der Waals surface area contributed by atoms with Gasteiger partial charge in [0.15, 0.2) is 5.69 Å². The molecule has 0 bridgehead atoms.